The molecule has 142 valence electrons. The molecule has 0 saturated heterocycles. The SMILES string of the molecule is CCCC1=C(OCCOC2=C(CCC)C(=O)N(C)C2=O)C(=O)N(C)C1=O. The second-order valence-corrected chi connectivity index (χ2v) is 6.15. The quantitative estimate of drug-likeness (QED) is 0.450. The molecule has 0 saturated carbocycles. The van der Waals surface area contributed by atoms with E-state index in [1.165, 1.54) is 14.1 Å². The molecular formula is C18H24N2O6. The highest BCUT2D eigenvalue weighted by Crippen LogP contribution is 2.26. The fourth-order valence-corrected chi connectivity index (χ4v) is 2.87. The molecule has 26 heavy (non-hydrogen) atoms. The smallest absolute Gasteiger partial charge is 0.296 e. The van der Waals surface area contributed by atoms with Crippen molar-refractivity contribution in [2.75, 3.05) is 27.3 Å². The monoisotopic (exact) mass is 364 g/mol. The van der Waals surface area contributed by atoms with E-state index in [1.54, 1.807) is 0 Å². The van der Waals surface area contributed by atoms with Gasteiger partial charge in [0.25, 0.3) is 23.6 Å². The van der Waals surface area contributed by atoms with Gasteiger partial charge in [-0.25, -0.2) is 0 Å². The zero-order valence-corrected chi connectivity index (χ0v) is 15.6. The second kappa shape index (κ2) is 8.16. The third-order valence-corrected chi connectivity index (χ3v) is 4.25. The van der Waals surface area contributed by atoms with E-state index in [1.807, 2.05) is 13.8 Å². The number of carbonyl (C=O) groups is 4. The molecule has 0 radical (unpaired) electrons. The average molecular weight is 364 g/mol. The maximum Gasteiger partial charge on any atom is 0.296 e. The van der Waals surface area contributed by atoms with Crippen LogP contribution in [0.25, 0.3) is 0 Å². The van der Waals surface area contributed by atoms with Crippen molar-refractivity contribution in [3.8, 4) is 0 Å². The summed E-state index contributed by atoms with van der Waals surface area (Å²) in [5.74, 6) is -1.57. The minimum Gasteiger partial charge on any atom is -0.484 e. The summed E-state index contributed by atoms with van der Waals surface area (Å²) in [7, 11) is 2.82. The Bertz CT molecular complexity index is 646. The van der Waals surface area contributed by atoms with E-state index < -0.39 is 11.8 Å². The lowest BCUT2D eigenvalue weighted by Crippen LogP contribution is -2.28. The van der Waals surface area contributed by atoms with Crippen molar-refractivity contribution in [2.45, 2.75) is 39.5 Å². The Morgan fingerprint density at radius 3 is 1.31 bits per heavy atom. The summed E-state index contributed by atoms with van der Waals surface area (Å²) in [6, 6.07) is 0. The van der Waals surface area contributed by atoms with E-state index in [0.29, 0.717) is 36.8 Å². The summed E-state index contributed by atoms with van der Waals surface area (Å²) in [5, 5.41) is 0. The number of carbonyl (C=O) groups excluding carboxylic acids is 4. The Labute approximate surface area is 152 Å². The average Bonchev–Trinajstić information content (AvgIpc) is 2.94. The highest BCUT2D eigenvalue weighted by atomic mass is 16.5. The van der Waals surface area contributed by atoms with Gasteiger partial charge in [0.15, 0.2) is 11.5 Å². The number of amides is 4. The zero-order chi connectivity index (χ0) is 19.4. The van der Waals surface area contributed by atoms with Gasteiger partial charge in [0.05, 0.1) is 11.1 Å². The van der Waals surface area contributed by atoms with Crippen molar-refractivity contribution in [1.82, 2.24) is 9.80 Å². The lowest BCUT2D eigenvalue weighted by molar-refractivity contribution is -0.139. The number of likely N-dealkylation sites (N-methyl/N-ethyl adjacent to an activating group) is 2. The topological polar surface area (TPSA) is 93.2 Å². The van der Waals surface area contributed by atoms with Gasteiger partial charge in [-0.15, -0.1) is 0 Å². The summed E-state index contributed by atoms with van der Waals surface area (Å²) in [5.41, 5.74) is 0.718. The van der Waals surface area contributed by atoms with Crippen LogP contribution in [0.5, 0.6) is 0 Å². The number of hydrogen-bond acceptors (Lipinski definition) is 6. The molecule has 4 amide bonds. The lowest BCUT2D eigenvalue weighted by Gasteiger charge is -2.11. The van der Waals surface area contributed by atoms with Crippen LogP contribution in [0.1, 0.15) is 39.5 Å². The van der Waals surface area contributed by atoms with Crippen molar-refractivity contribution >= 4 is 23.6 Å². The standard InChI is InChI=1S/C18H24N2O6/c1-5-7-11-13(17(23)19(3)15(11)21)25-9-10-26-14-12(8-6-2)16(22)20(4)18(14)24/h5-10H2,1-4H3. The fraction of sp³-hybridized carbons (Fsp3) is 0.556. The molecule has 0 atom stereocenters. The number of hydrogen-bond donors (Lipinski definition) is 0. The predicted molar refractivity (Wildman–Crippen MR) is 91.3 cm³/mol. The number of rotatable bonds is 9. The van der Waals surface area contributed by atoms with Gasteiger partial charge in [0.1, 0.15) is 13.2 Å². The van der Waals surface area contributed by atoms with Crippen molar-refractivity contribution in [1.29, 1.82) is 0 Å². The van der Waals surface area contributed by atoms with Crippen LogP contribution in [0, 0.1) is 0 Å². The van der Waals surface area contributed by atoms with Crippen LogP contribution < -0.4 is 0 Å². The Balaban J connectivity index is 2.01. The molecule has 0 aromatic heterocycles. The van der Waals surface area contributed by atoms with E-state index in [9.17, 15) is 19.2 Å². The summed E-state index contributed by atoms with van der Waals surface area (Å²) in [6.07, 6.45) is 2.33. The van der Waals surface area contributed by atoms with Crippen LogP contribution in [0.15, 0.2) is 22.7 Å². The van der Waals surface area contributed by atoms with Crippen LogP contribution in [-0.2, 0) is 28.7 Å². The van der Waals surface area contributed by atoms with Gasteiger partial charge in [0, 0.05) is 14.1 Å². The second-order valence-electron chi connectivity index (χ2n) is 6.15. The van der Waals surface area contributed by atoms with Gasteiger partial charge < -0.3 is 9.47 Å². The first kappa shape index (κ1) is 19.7. The fourth-order valence-electron chi connectivity index (χ4n) is 2.87. The largest absolute Gasteiger partial charge is 0.484 e. The number of nitrogens with zero attached hydrogens (tertiary/aromatic N) is 2. The van der Waals surface area contributed by atoms with Gasteiger partial charge in [-0.1, -0.05) is 26.7 Å². The minimum atomic E-state index is -0.476. The molecule has 0 fully saturated rings. The van der Waals surface area contributed by atoms with Crippen LogP contribution in [0.3, 0.4) is 0 Å². The Morgan fingerprint density at radius 1 is 0.654 bits per heavy atom. The van der Waals surface area contributed by atoms with Crippen LogP contribution in [0.2, 0.25) is 0 Å². The maximum atomic E-state index is 12.1. The van der Waals surface area contributed by atoms with E-state index in [-0.39, 0.29) is 36.5 Å². The van der Waals surface area contributed by atoms with Gasteiger partial charge in [0.2, 0.25) is 0 Å². The third kappa shape index (κ3) is 3.49. The Kier molecular flexibility index (Phi) is 6.18. The van der Waals surface area contributed by atoms with Crippen molar-refractivity contribution in [3.63, 3.8) is 0 Å². The van der Waals surface area contributed by atoms with Gasteiger partial charge in [-0.05, 0) is 12.8 Å². The molecule has 0 aliphatic carbocycles. The number of imide groups is 2. The van der Waals surface area contributed by atoms with Crippen LogP contribution in [0.4, 0.5) is 0 Å². The van der Waals surface area contributed by atoms with E-state index >= 15 is 0 Å². The first-order valence-corrected chi connectivity index (χ1v) is 8.71. The summed E-state index contributed by atoms with van der Waals surface area (Å²) < 4.78 is 11.0. The third-order valence-electron chi connectivity index (χ3n) is 4.25. The summed E-state index contributed by atoms with van der Waals surface area (Å²) in [6.45, 7) is 3.79. The predicted octanol–water partition coefficient (Wildman–Crippen LogP) is 1.13. The van der Waals surface area contributed by atoms with Crippen molar-refractivity contribution in [3.05, 3.63) is 22.7 Å². The summed E-state index contributed by atoms with van der Waals surface area (Å²) in [4.78, 5) is 50.3. The van der Waals surface area contributed by atoms with Gasteiger partial charge in [-0.2, -0.15) is 0 Å². The van der Waals surface area contributed by atoms with Gasteiger partial charge in [-0.3, -0.25) is 29.0 Å². The Morgan fingerprint density at radius 2 is 1.00 bits per heavy atom. The highest BCUT2D eigenvalue weighted by molar-refractivity contribution is 6.18. The molecule has 0 unspecified atom stereocenters. The molecule has 2 aliphatic heterocycles. The molecule has 0 bridgehead atoms. The highest BCUT2D eigenvalue weighted by Gasteiger charge is 2.38. The first-order chi connectivity index (χ1) is 12.3. The van der Waals surface area contributed by atoms with E-state index in [2.05, 4.69) is 0 Å². The molecule has 8 heteroatoms. The number of ether oxygens (including phenoxy) is 2. The van der Waals surface area contributed by atoms with E-state index in [0.717, 1.165) is 9.80 Å². The molecule has 0 aromatic carbocycles. The van der Waals surface area contributed by atoms with Crippen molar-refractivity contribution < 1.29 is 28.7 Å². The molecule has 2 heterocycles. The van der Waals surface area contributed by atoms with Crippen LogP contribution >= 0.6 is 0 Å². The molecule has 0 spiro atoms. The lowest BCUT2D eigenvalue weighted by atomic mass is 10.1. The first-order valence-electron chi connectivity index (χ1n) is 8.71. The normalized spacial score (nSPS) is 18.0. The summed E-state index contributed by atoms with van der Waals surface area (Å²) >= 11 is 0. The molecular weight excluding hydrogens is 340 g/mol. The molecule has 0 N–H and O–H groups in total. The van der Waals surface area contributed by atoms with E-state index in [4.69, 9.17) is 9.47 Å². The molecule has 0 aromatic rings. The molecule has 8 nitrogen and oxygen atoms in total. The molecule has 2 rings (SSSR count). The zero-order valence-electron chi connectivity index (χ0n) is 15.6. The Hall–Kier alpha value is -2.64. The maximum absolute atomic E-state index is 12.1. The molecule has 2 aliphatic rings. The minimum absolute atomic E-state index is 0.0104. The van der Waals surface area contributed by atoms with Crippen LogP contribution in [-0.4, -0.2) is 60.7 Å². The van der Waals surface area contributed by atoms with Crippen molar-refractivity contribution in [2.24, 2.45) is 0 Å². The van der Waals surface area contributed by atoms with Gasteiger partial charge >= 0.3 is 0 Å².